The highest BCUT2D eigenvalue weighted by atomic mass is 79.9. The van der Waals surface area contributed by atoms with Gasteiger partial charge in [-0.15, -0.1) is 0 Å². The quantitative estimate of drug-likeness (QED) is 0.594. The van der Waals surface area contributed by atoms with Crippen LogP contribution >= 0.6 is 15.9 Å². The van der Waals surface area contributed by atoms with E-state index in [0.717, 1.165) is 25.9 Å². The minimum atomic E-state index is -0.557. The van der Waals surface area contributed by atoms with E-state index in [1.54, 1.807) is 17.9 Å². The average molecular weight is 429 g/mol. The van der Waals surface area contributed by atoms with Gasteiger partial charge in [-0.25, -0.2) is 4.39 Å². The minimum absolute atomic E-state index is 0.0179. The van der Waals surface area contributed by atoms with Crippen LogP contribution in [0.2, 0.25) is 0 Å². The third-order valence-electron chi connectivity index (χ3n) is 4.67. The molecule has 7 heteroatoms. The third kappa shape index (κ3) is 5.51. The number of carbonyl (C=O) groups is 2. The van der Waals surface area contributed by atoms with E-state index < -0.39 is 11.7 Å². The zero-order chi connectivity index (χ0) is 19.1. The number of hydrogen-bond donors (Lipinski definition) is 0. The van der Waals surface area contributed by atoms with Crippen molar-refractivity contribution >= 4 is 27.8 Å². The fourth-order valence-electron chi connectivity index (χ4n) is 3.34. The molecule has 1 unspecified atom stereocenters. The van der Waals surface area contributed by atoms with Gasteiger partial charge in [-0.1, -0.05) is 22.9 Å². The molecule has 2 rings (SSSR count). The smallest absolute Gasteiger partial charge is 0.307 e. The number of hydrogen-bond acceptors (Lipinski definition) is 4. The number of likely N-dealkylation sites (tertiary alicyclic amines) is 1. The minimum Gasteiger partial charge on any atom is -0.466 e. The van der Waals surface area contributed by atoms with Crippen LogP contribution in [0, 0.1) is 5.82 Å². The maximum absolute atomic E-state index is 14.2. The summed E-state index contributed by atoms with van der Waals surface area (Å²) >= 11 is 3.29. The summed E-state index contributed by atoms with van der Waals surface area (Å²) in [6, 6.07) is 4.56. The Morgan fingerprint density at radius 2 is 2.15 bits per heavy atom. The van der Waals surface area contributed by atoms with Crippen LogP contribution < -0.4 is 0 Å². The van der Waals surface area contributed by atoms with Gasteiger partial charge in [-0.2, -0.15) is 0 Å². The summed E-state index contributed by atoms with van der Waals surface area (Å²) in [5.41, 5.74) is 0.0179. The molecule has 0 radical (unpaired) electrons. The van der Waals surface area contributed by atoms with Crippen molar-refractivity contribution in [2.45, 2.75) is 39.2 Å². The van der Waals surface area contributed by atoms with Crippen molar-refractivity contribution in [1.82, 2.24) is 9.80 Å². The Morgan fingerprint density at radius 1 is 1.38 bits per heavy atom. The molecule has 1 aliphatic heterocycles. The van der Waals surface area contributed by atoms with Crippen LogP contribution in [0.5, 0.6) is 0 Å². The van der Waals surface area contributed by atoms with Gasteiger partial charge < -0.3 is 9.64 Å². The maximum atomic E-state index is 14.2. The average Bonchev–Trinajstić information content (AvgIpc) is 3.07. The van der Waals surface area contributed by atoms with Crippen LogP contribution in [0.25, 0.3) is 0 Å². The maximum Gasteiger partial charge on any atom is 0.307 e. The Hall–Kier alpha value is -1.47. The first kappa shape index (κ1) is 20.8. The van der Waals surface area contributed by atoms with Crippen molar-refractivity contribution in [3.63, 3.8) is 0 Å². The molecule has 1 heterocycles. The number of amides is 1. The summed E-state index contributed by atoms with van der Waals surface area (Å²) in [6.45, 7) is 6.77. The van der Waals surface area contributed by atoms with E-state index in [1.807, 2.05) is 0 Å². The van der Waals surface area contributed by atoms with E-state index in [2.05, 4.69) is 27.8 Å². The molecule has 1 aromatic rings. The molecule has 144 valence electrons. The van der Waals surface area contributed by atoms with Crippen LogP contribution in [0.4, 0.5) is 4.39 Å². The van der Waals surface area contributed by atoms with Crippen LogP contribution in [-0.4, -0.2) is 60.5 Å². The van der Waals surface area contributed by atoms with Gasteiger partial charge in [0, 0.05) is 23.6 Å². The molecule has 1 aromatic carbocycles. The van der Waals surface area contributed by atoms with E-state index in [4.69, 9.17) is 4.74 Å². The molecule has 0 aromatic heterocycles. The molecule has 1 amide bonds. The van der Waals surface area contributed by atoms with Gasteiger partial charge in [-0.05, 0) is 51.1 Å². The molecule has 1 fully saturated rings. The second-order valence-electron chi connectivity index (χ2n) is 6.35. The topological polar surface area (TPSA) is 49.9 Å². The number of ether oxygens (including phenoxy) is 1. The van der Waals surface area contributed by atoms with E-state index >= 15 is 0 Å². The number of nitrogens with zero attached hydrogens (tertiary/aromatic N) is 2. The van der Waals surface area contributed by atoms with Crippen LogP contribution in [0.15, 0.2) is 22.7 Å². The Balaban J connectivity index is 2.16. The number of esters is 1. The monoisotopic (exact) mass is 428 g/mol. The van der Waals surface area contributed by atoms with E-state index in [1.165, 1.54) is 12.1 Å². The molecule has 26 heavy (non-hydrogen) atoms. The Bertz CT molecular complexity index is 641. The van der Waals surface area contributed by atoms with Gasteiger partial charge in [0.2, 0.25) is 0 Å². The molecule has 0 aliphatic carbocycles. The lowest BCUT2D eigenvalue weighted by Gasteiger charge is -2.30. The van der Waals surface area contributed by atoms with Gasteiger partial charge in [0.05, 0.1) is 18.6 Å². The molecule has 5 nitrogen and oxygen atoms in total. The normalized spacial score (nSPS) is 17.3. The van der Waals surface area contributed by atoms with Crippen molar-refractivity contribution in [3.05, 3.63) is 34.1 Å². The molecular formula is C19H26BrFN2O3. The lowest BCUT2D eigenvalue weighted by molar-refractivity contribution is -0.143. The number of likely N-dealkylation sites (N-methyl/N-ethyl adjacent to an activating group) is 1. The Kier molecular flexibility index (Phi) is 8.03. The first-order valence-corrected chi connectivity index (χ1v) is 9.89. The highest BCUT2D eigenvalue weighted by Crippen LogP contribution is 2.21. The molecule has 1 saturated heterocycles. The molecular weight excluding hydrogens is 403 g/mol. The van der Waals surface area contributed by atoms with Crippen molar-refractivity contribution in [2.24, 2.45) is 0 Å². The molecule has 1 atom stereocenters. The summed E-state index contributed by atoms with van der Waals surface area (Å²) in [4.78, 5) is 28.6. The van der Waals surface area contributed by atoms with Gasteiger partial charge in [0.1, 0.15) is 5.82 Å². The first-order valence-electron chi connectivity index (χ1n) is 9.10. The number of rotatable bonds is 8. The van der Waals surface area contributed by atoms with E-state index in [0.29, 0.717) is 17.6 Å². The summed E-state index contributed by atoms with van der Waals surface area (Å²) in [5, 5.41) is 0. The lowest BCUT2D eigenvalue weighted by atomic mass is 10.1. The van der Waals surface area contributed by atoms with Crippen molar-refractivity contribution in [3.8, 4) is 0 Å². The zero-order valence-electron chi connectivity index (χ0n) is 15.3. The van der Waals surface area contributed by atoms with Crippen molar-refractivity contribution < 1.29 is 18.7 Å². The second-order valence-corrected chi connectivity index (χ2v) is 7.27. The van der Waals surface area contributed by atoms with E-state index in [-0.39, 0.29) is 30.5 Å². The third-order valence-corrected chi connectivity index (χ3v) is 5.17. The number of halogens is 2. The summed E-state index contributed by atoms with van der Waals surface area (Å²) in [6.07, 6.45) is 2.19. The zero-order valence-corrected chi connectivity index (χ0v) is 16.9. The Labute approximate surface area is 162 Å². The van der Waals surface area contributed by atoms with Crippen LogP contribution in [-0.2, 0) is 9.53 Å². The van der Waals surface area contributed by atoms with E-state index in [9.17, 15) is 14.0 Å². The highest BCUT2D eigenvalue weighted by molar-refractivity contribution is 9.10. The summed E-state index contributed by atoms with van der Waals surface area (Å²) in [5.74, 6) is -1.30. The van der Waals surface area contributed by atoms with Crippen LogP contribution in [0.1, 0.15) is 43.5 Å². The summed E-state index contributed by atoms with van der Waals surface area (Å²) < 4.78 is 19.8. The number of carbonyl (C=O) groups excluding carboxylic acids is 2. The fraction of sp³-hybridized carbons (Fsp3) is 0.579. The second kappa shape index (κ2) is 10.0. The summed E-state index contributed by atoms with van der Waals surface area (Å²) in [7, 11) is 0. The van der Waals surface area contributed by atoms with Crippen molar-refractivity contribution in [2.75, 3.05) is 32.8 Å². The molecule has 0 saturated carbocycles. The van der Waals surface area contributed by atoms with Gasteiger partial charge in [0.25, 0.3) is 5.91 Å². The SMILES string of the molecule is CCOC(=O)CCN(CC1CCCN1CC)C(=O)c1cc(Br)ccc1F. The standard InChI is InChI=1S/C19H26BrFN2O3/c1-3-22-10-5-6-15(22)13-23(11-9-18(24)26-4-2)19(25)16-12-14(20)7-8-17(16)21/h7-8,12,15H,3-6,9-11,13H2,1-2H3. The number of benzene rings is 1. The molecule has 0 N–H and O–H groups in total. The molecule has 0 bridgehead atoms. The van der Waals surface area contributed by atoms with Gasteiger partial charge >= 0.3 is 5.97 Å². The molecule has 1 aliphatic rings. The van der Waals surface area contributed by atoms with Gasteiger partial charge in [-0.3, -0.25) is 14.5 Å². The predicted molar refractivity (Wildman–Crippen MR) is 102 cm³/mol. The largest absolute Gasteiger partial charge is 0.466 e. The van der Waals surface area contributed by atoms with Gasteiger partial charge in [0.15, 0.2) is 0 Å². The lowest BCUT2D eigenvalue weighted by Crippen LogP contribution is -2.44. The predicted octanol–water partition coefficient (Wildman–Crippen LogP) is 3.47. The highest BCUT2D eigenvalue weighted by Gasteiger charge is 2.29. The van der Waals surface area contributed by atoms with Crippen LogP contribution in [0.3, 0.4) is 0 Å². The molecule has 0 spiro atoms. The fourth-order valence-corrected chi connectivity index (χ4v) is 3.70. The first-order chi connectivity index (χ1) is 12.5. The van der Waals surface area contributed by atoms with Crippen molar-refractivity contribution in [1.29, 1.82) is 0 Å². The Morgan fingerprint density at radius 3 is 2.85 bits per heavy atom.